The number of carbonyl (C=O) groups is 2. The summed E-state index contributed by atoms with van der Waals surface area (Å²) in [6.45, 7) is 1.75. The summed E-state index contributed by atoms with van der Waals surface area (Å²) in [6.07, 6.45) is 1.62. The number of aromatic nitrogens is 1. The average molecular weight is 575 g/mol. The van der Waals surface area contributed by atoms with Crippen molar-refractivity contribution in [2.75, 3.05) is 5.32 Å². The molecule has 0 radical (unpaired) electrons. The maximum Gasteiger partial charge on any atom is 1.00 e. The largest absolute Gasteiger partial charge is 1.00 e. The minimum atomic E-state index is -1.02. The normalized spacial score (nSPS) is 14.1. The summed E-state index contributed by atoms with van der Waals surface area (Å²) < 4.78 is 11.7. The topological polar surface area (TPSA) is 104 Å². The van der Waals surface area contributed by atoms with Gasteiger partial charge < -0.3 is 19.1 Å². The second kappa shape index (κ2) is 11.7. The first-order valence-corrected chi connectivity index (χ1v) is 13.3. The van der Waals surface area contributed by atoms with Crippen molar-refractivity contribution in [3.63, 3.8) is 0 Å². The van der Waals surface area contributed by atoms with Gasteiger partial charge in [-0.2, -0.15) is 0 Å². The van der Waals surface area contributed by atoms with E-state index in [1.807, 2.05) is 72.8 Å². The molecule has 3 aromatic carbocycles. The first-order chi connectivity index (χ1) is 19.4. The Labute approximate surface area is 263 Å². The zero-order chi connectivity index (χ0) is 27.9. The maximum atomic E-state index is 12.9. The summed E-state index contributed by atoms with van der Waals surface area (Å²) in [5, 5.41) is 15.5. The number of halogens is 1. The zero-order valence-corrected chi connectivity index (χ0v) is 25.3. The number of ether oxygens (including phenoxy) is 1. The molecule has 2 aromatic heterocycles. The van der Waals surface area contributed by atoms with Crippen molar-refractivity contribution in [3.05, 3.63) is 107 Å². The molecule has 1 saturated carbocycles. The van der Waals surface area contributed by atoms with E-state index in [9.17, 15) is 14.7 Å². The molecule has 0 unspecified atom stereocenters. The Bertz CT molecular complexity index is 1730. The van der Waals surface area contributed by atoms with Crippen LogP contribution < -0.4 is 40.0 Å². The van der Waals surface area contributed by atoms with Crippen LogP contribution in [-0.4, -0.2) is 17.0 Å². The first kappa shape index (κ1) is 28.9. The van der Waals surface area contributed by atoms with Gasteiger partial charge in [0.05, 0.1) is 11.4 Å². The summed E-state index contributed by atoms with van der Waals surface area (Å²) in [5.74, 6) is -0.570. The quantitative estimate of drug-likeness (QED) is 0.296. The van der Waals surface area contributed by atoms with Crippen molar-refractivity contribution in [3.8, 4) is 22.5 Å². The van der Waals surface area contributed by atoms with E-state index in [0.29, 0.717) is 46.0 Å². The molecule has 41 heavy (non-hydrogen) atoms. The third-order valence-corrected chi connectivity index (χ3v) is 7.72. The molecular weight excluding hydrogens is 551 g/mol. The standard InChI is InChI=1S/C32H25ClN2O5.Na/c1-19(24-5-2-3-7-26(24)33)39-31(38)35-27-25-6-4-18-34-29(25)40-28(27)22-10-8-20(9-11-22)21-12-14-23(15-13-21)32(16-17-32)30(36)37;/h2-15,18-19H,16-17H2,1H3,(H,35,38)(H,36,37);/q;+1/p-1/t19-;/m1./s1. The molecule has 200 valence electrons. The summed E-state index contributed by atoms with van der Waals surface area (Å²) in [6, 6.07) is 26.0. The molecule has 0 saturated heterocycles. The Balaban J connectivity index is 0.00000337. The number of carboxylic acids is 1. The summed E-state index contributed by atoms with van der Waals surface area (Å²) in [5.41, 5.74) is 4.11. The van der Waals surface area contributed by atoms with E-state index in [-0.39, 0.29) is 29.6 Å². The smallest absolute Gasteiger partial charge is 0.549 e. The van der Waals surface area contributed by atoms with E-state index in [4.69, 9.17) is 20.8 Å². The third kappa shape index (κ3) is 5.63. The predicted molar refractivity (Wildman–Crippen MR) is 151 cm³/mol. The Morgan fingerprint density at radius 1 is 0.951 bits per heavy atom. The van der Waals surface area contributed by atoms with Crippen LogP contribution in [0.1, 0.15) is 37.0 Å². The van der Waals surface area contributed by atoms with Crippen LogP contribution in [0.2, 0.25) is 5.02 Å². The number of fused-ring (bicyclic) bond motifs is 1. The SMILES string of the molecule is C[C@@H](OC(=O)Nc1c(-c2ccc(-c3ccc(C4(C(=O)[O-])CC4)cc3)cc2)oc2ncccc12)c1ccccc1Cl.[Na+]. The molecule has 0 spiro atoms. The number of aliphatic carboxylic acids is 1. The van der Waals surface area contributed by atoms with E-state index in [1.165, 1.54) is 0 Å². The van der Waals surface area contributed by atoms with Gasteiger partial charge in [-0.1, -0.05) is 78.3 Å². The molecule has 1 amide bonds. The number of carboxylic acid groups (broad SMARTS) is 1. The van der Waals surface area contributed by atoms with Crippen LogP contribution >= 0.6 is 11.6 Å². The van der Waals surface area contributed by atoms with Crippen molar-refractivity contribution in [2.24, 2.45) is 0 Å². The van der Waals surface area contributed by atoms with Gasteiger partial charge in [0, 0.05) is 27.8 Å². The molecule has 1 aliphatic rings. The van der Waals surface area contributed by atoms with Gasteiger partial charge >= 0.3 is 35.7 Å². The van der Waals surface area contributed by atoms with E-state index in [1.54, 1.807) is 25.3 Å². The van der Waals surface area contributed by atoms with E-state index in [2.05, 4.69) is 10.3 Å². The fourth-order valence-corrected chi connectivity index (χ4v) is 5.24. The molecular formula is C32H24ClN2NaO5. The van der Waals surface area contributed by atoms with Gasteiger partial charge in [-0.25, -0.2) is 9.78 Å². The van der Waals surface area contributed by atoms with Crippen LogP contribution in [0.5, 0.6) is 0 Å². The Kier molecular flexibility index (Phi) is 8.25. The zero-order valence-electron chi connectivity index (χ0n) is 22.5. The monoisotopic (exact) mass is 574 g/mol. The van der Waals surface area contributed by atoms with Crippen molar-refractivity contribution < 1.29 is 53.4 Å². The molecule has 6 rings (SSSR count). The number of hydrogen-bond donors (Lipinski definition) is 1. The van der Waals surface area contributed by atoms with Gasteiger partial charge in [0.25, 0.3) is 0 Å². The molecule has 5 aromatic rings. The first-order valence-electron chi connectivity index (χ1n) is 12.9. The van der Waals surface area contributed by atoms with E-state index >= 15 is 0 Å². The Hall–Kier alpha value is -3.62. The van der Waals surface area contributed by atoms with Crippen LogP contribution in [0.3, 0.4) is 0 Å². The summed E-state index contributed by atoms with van der Waals surface area (Å²) >= 11 is 6.27. The fourth-order valence-electron chi connectivity index (χ4n) is 4.95. The number of hydrogen-bond acceptors (Lipinski definition) is 6. The number of amides is 1. The molecule has 1 N–H and O–H groups in total. The second-order valence-corrected chi connectivity index (χ2v) is 10.3. The van der Waals surface area contributed by atoms with Gasteiger partial charge in [0.2, 0.25) is 5.71 Å². The molecule has 1 fully saturated rings. The molecule has 2 heterocycles. The van der Waals surface area contributed by atoms with Gasteiger partial charge in [-0.15, -0.1) is 0 Å². The van der Waals surface area contributed by atoms with Crippen molar-refractivity contribution in [1.29, 1.82) is 0 Å². The van der Waals surface area contributed by atoms with E-state index < -0.39 is 23.6 Å². The molecule has 9 heteroatoms. The van der Waals surface area contributed by atoms with Crippen LogP contribution in [0.4, 0.5) is 10.5 Å². The molecule has 1 aliphatic carbocycles. The van der Waals surface area contributed by atoms with Gasteiger partial charge in [-0.05, 0) is 54.7 Å². The van der Waals surface area contributed by atoms with Gasteiger partial charge in [0.1, 0.15) is 11.8 Å². The third-order valence-electron chi connectivity index (χ3n) is 7.38. The van der Waals surface area contributed by atoms with Gasteiger partial charge in [-0.3, -0.25) is 5.32 Å². The number of pyridine rings is 1. The van der Waals surface area contributed by atoms with Crippen molar-refractivity contribution >= 4 is 40.5 Å². The van der Waals surface area contributed by atoms with Gasteiger partial charge in [0.15, 0.2) is 5.76 Å². The maximum absolute atomic E-state index is 12.9. The number of anilines is 1. The minimum absolute atomic E-state index is 0. The number of benzene rings is 3. The minimum Gasteiger partial charge on any atom is -0.549 e. The fraction of sp³-hybridized carbons (Fsp3) is 0.156. The number of rotatable bonds is 7. The molecule has 1 atom stereocenters. The average Bonchev–Trinajstić information content (AvgIpc) is 3.71. The molecule has 7 nitrogen and oxygen atoms in total. The number of furan rings is 1. The molecule has 0 bridgehead atoms. The van der Waals surface area contributed by atoms with Crippen LogP contribution in [0, 0.1) is 0 Å². The number of nitrogens with zero attached hydrogens (tertiary/aromatic N) is 1. The number of carbonyl (C=O) groups excluding carboxylic acids is 2. The summed E-state index contributed by atoms with van der Waals surface area (Å²) in [4.78, 5) is 28.8. The van der Waals surface area contributed by atoms with Crippen LogP contribution in [0.25, 0.3) is 33.6 Å². The van der Waals surface area contributed by atoms with Crippen LogP contribution in [0.15, 0.2) is 95.5 Å². The summed E-state index contributed by atoms with van der Waals surface area (Å²) in [7, 11) is 0. The van der Waals surface area contributed by atoms with Crippen LogP contribution in [-0.2, 0) is 14.9 Å². The van der Waals surface area contributed by atoms with E-state index in [0.717, 1.165) is 22.3 Å². The van der Waals surface area contributed by atoms with Crippen molar-refractivity contribution in [1.82, 2.24) is 4.98 Å². The second-order valence-electron chi connectivity index (χ2n) is 9.88. The Morgan fingerprint density at radius 3 is 2.22 bits per heavy atom. The number of nitrogens with one attached hydrogen (secondary N) is 1. The van der Waals surface area contributed by atoms with Crippen molar-refractivity contribution in [2.45, 2.75) is 31.3 Å². The predicted octanol–water partition coefficient (Wildman–Crippen LogP) is 3.91. The Morgan fingerprint density at radius 2 is 1.59 bits per heavy atom. The molecule has 0 aliphatic heterocycles.